The van der Waals surface area contributed by atoms with Gasteiger partial charge in [0.25, 0.3) is 0 Å². The lowest BCUT2D eigenvalue weighted by atomic mass is 9.98. The number of nitrogens with one attached hydrogen (secondary N) is 4. The minimum absolute atomic E-state index is 0.576. The summed E-state index contributed by atoms with van der Waals surface area (Å²) in [4.78, 5) is 6.26. The Morgan fingerprint density at radius 2 is 0.788 bits per heavy atom. The van der Waals surface area contributed by atoms with Crippen molar-refractivity contribution in [3.05, 3.63) is 169 Å². The van der Waals surface area contributed by atoms with Gasteiger partial charge in [-0.2, -0.15) is 5.26 Å². The molecule has 4 N–H and O–H groups in total. The number of nitrogens with zero attached hydrogens (tertiary/aromatic N) is 6. The van der Waals surface area contributed by atoms with Gasteiger partial charge >= 0.3 is 0 Å². The molecule has 0 fully saturated rings. The molecular weight excluding hydrogens is 813 g/mol. The zero-order valence-corrected chi connectivity index (χ0v) is 35.7. The predicted octanol–water partition coefficient (Wildman–Crippen LogP) is 2.88. The van der Waals surface area contributed by atoms with Crippen LogP contribution in [0.15, 0.2) is 121 Å². The van der Waals surface area contributed by atoms with Crippen molar-refractivity contribution in [2.75, 3.05) is 26.2 Å². The van der Waals surface area contributed by atoms with Crippen LogP contribution in [0.3, 0.4) is 0 Å². The van der Waals surface area contributed by atoms with Crippen molar-refractivity contribution in [2.45, 2.75) is 0 Å². The van der Waals surface area contributed by atoms with Crippen LogP contribution in [0.25, 0.3) is 127 Å². The number of pyridine rings is 1. The van der Waals surface area contributed by atoms with Crippen molar-refractivity contribution in [3.63, 3.8) is 0 Å². The van der Waals surface area contributed by atoms with E-state index in [-0.39, 0.29) is 0 Å². The largest absolute Gasteiger partial charge is 0.387 e. The maximum atomic E-state index is 10.7. The highest BCUT2D eigenvalue weighted by Crippen LogP contribution is 2.41. The molecule has 5 aromatic carbocycles. The molecule has 0 amide bonds. The van der Waals surface area contributed by atoms with Gasteiger partial charge in [0.1, 0.15) is 11.4 Å². The molecular formula is C56H40N10. The van der Waals surface area contributed by atoms with E-state index in [1.165, 1.54) is 0 Å². The Labute approximate surface area is 376 Å². The normalized spacial score (nSPS) is 14.3. The highest BCUT2D eigenvalue weighted by atomic mass is 15.2. The number of hydrogen-bond donors (Lipinski definition) is 4. The first kappa shape index (κ1) is 36.5. The number of hydrogen-bond acceptors (Lipinski definition) is 6. The molecule has 0 unspecified atom stereocenters. The molecule has 14 rings (SSSR count). The topological polar surface area (TPSA) is 105 Å². The van der Waals surface area contributed by atoms with Gasteiger partial charge in [0.05, 0.1) is 55.1 Å². The van der Waals surface area contributed by atoms with Crippen LogP contribution < -0.4 is 63.5 Å². The summed E-state index contributed by atoms with van der Waals surface area (Å²) in [5.74, 6) is 1.55. The average Bonchev–Trinajstić information content (AvgIpc) is 4.11. The van der Waals surface area contributed by atoms with E-state index in [1.807, 2.05) is 12.1 Å². The van der Waals surface area contributed by atoms with Gasteiger partial charge in [-0.15, -0.1) is 0 Å². The fraction of sp³-hybridized carbons (Fsp3) is 0.0714. The van der Waals surface area contributed by atoms with Crippen molar-refractivity contribution in [2.24, 2.45) is 0 Å². The van der Waals surface area contributed by atoms with Gasteiger partial charge in [0, 0.05) is 99.0 Å². The van der Waals surface area contributed by atoms with E-state index in [0.29, 0.717) is 31.7 Å². The third kappa shape index (κ3) is 5.02. The molecule has 0 radical (unpaired) electrons. The van der Waals surface area contributed by atoms with Crippen LogP contribution in [0.4, 0.5) is 0 Å². The molecule has 66 heavy (non-hydrogen) atoms. The summed E-state index contributed by atoms with van der Waals surface area (Å²) < 4.78 is 9.66. The molecule has 314 valence electrons. The fourth-order valence-electron chi connectivity index (χ4n) is 11.0. The van der Waals surface area contributed by atoms with Crippen LogP contribution in [0.1, 0.15) is 5.56 Å². The average molecular weight is 853 g/mol. The monoisotopic (exact) mass is 852 g/mol. The molecule has 4 aliphatic heterocycles. The van der Waals surface area contributed by atoms with Crippen LogP contribution in [0.2, 0.25) is 0 Å². The lowest BCUT2D eigenvalue weighted by Gasteiger charge is -2.26. The molecule has 0 spiro atoms. The van der Waals surface area contributed by atoms with Gasteiger partial charge in [-0.05, 0) is 66.3 Å². The first-order valence-corrected chi connectivity index (χ1v) is 22.5. The molecule has 0 saturated heterocycles. The number of aromatic nitrogens is 5. The number of fused-ring (bicyclic) bond motifs is 12. The van der Waals surface area contributed by atoms with Gasteiger partial charge in [-0.1, -0.05) is 84.9 Å². The Hall–Kier alpha value is -8.94. The third-order valence-electron chi connectivity index (χ3n) is 13.7. The summed E-state index contributed by atoms with van der Waals surface area (Å²) in [7, 11) is 0. The smallest absolute Gasteiger partial charge is 0.165 e. The highest BCUT2D eigenvalue weighted by Gasteiger charge is 2.32. The molecule has 5 aromatic heterocycles. The Bertz CT molecular complexity index is 4130. The first-order valence-electron chi connectivity index (χ1n) is 22.5. The number of nitriles is 1. The van der Waals surface area contributed by atoms with E-state index in [4.69, 9.17) is 4.98 Å². The number of rotatable bonds is 5. The summed E-state index contributed by atoms with van der Waals surface area (Å²) in [5, 5.41) is 38.1. The molecule has 9 heterocycles. The molecule has 10 nitrogen and oxygen atoms in total. The van der Waals surface area contributed by atoms with Crippen molar-refractivity contribution in [1.29, 1.82) is 5.26 Å². The fourth-order valence-corrected chi connectivity index (χ4v) is 11.0. The molecule has 0 saturated carbocycles. The van der Waals surface area contributed by atoms with Gasteiger partial charge in [0.15, 0.2) is 11.6 Å². The molecule has 10 aromatic rings. The van der Waals surface area contributed by atoms with Crippen molar-refractivity contribution in [1.82, 2.24) is 44.5 Å². The Kier molecular flexibility index (Phi) is 7.77. The van der Waals surface area contributed by atoms with E-state index in [2.05, 4.69) is 204 Å². The minimum atomic E-state index is 0.576. The molecule has 10 heteroatoms. The summed E-state index contributed by atoms with van der Waals surface area (Å²) in [6.45, 7) is 2.68. The van der Waals surface area contributed by atoms with E-state index < -0.39 is 0 Å². The zero-order chi connectivity index (χ0) is 43.5. The van der Waals surface area contributed by atoms with Crippen molar-refractivity contribution in [3.8, 4) is 40.2 Å². The van der Waals surface area contributed by atoms with Crippen LogP contribution in [-0.4, -0.2) is 49.4 Å². The Balaban J connectivity index is 1.34. The Morgan fingerprint density at radius 1 is 0.424 bits per heavy atom. The number of benzene rings is 5. The van der Waals surface area contributed by atoms with E-state index in [9.17, 15) is 5.26 Å². The van der Waals surface area contributed by atoms with Gasteiger partial charge in [0.2, 0.25) is 0 Å². The van der Waals surface area contributed by atoms with Gasteiger partial charge in [-0.3, -0.25) is 9.13 Å². The lowest BCUT2D eigenvalue weighted by molar-refractivity contribution is 0.879. The second-order valence-corrected chi connectivity index (χ2v) is 17.2. The van der Waals surface area contributed by atoms with Crippen molar-refractivity contribution >= 4 is 92.7 Å². The molecule has 0 atom stereocenters. The third-order valence-corrected chi connectivity index (χ3v) is 13.7. The molecule has 0 aliphatic carbocycles. The van der Waals surface area contributed by atoms with E-state index >= 15 is 0 Å². The van der Waals surface area contributed by atoms with E-state index in [1.54, 1.807) is 0 Å². The van der Waals surface area contributed by atoms with Crippen LogP contribution in [-0.2, 0) is 0 Å². The minimum Gasteiger partial charge on any atom is -0.387 e. The summed E-state index contributed by atoms with van der Waals surface area (Å²) in [6.07, 6.45) is 17.8. The highest BCUT2D eigenvalue weighted by molar-refractivity contribution is 5.98. The Morgan fingerprint density at radius 3 is 1.18 bits per heavy atom. The maximum absolute atomic E-state index is 10.7. The standard InChI is InChI=1S/C56H40N10/c57-29-34-10-9-11-35(28-34)52-53(63-44-16-5-1-12-36(44)40-30-58-24-20-48(40)63)55(65-46-18-7-3-14-38(46)42-32-60-26-22-50(42)65)62-56(66-47-19-8-4-15-39(47)43-33-61-27-23-51(43)66)54(52)64-45-17-6-2-13-37(45)41-31-59-25-21-49(41)64/h1-23,28,30-33,58-61H,24-27H2. The quantitative estimate of drug-likeness (QED) is 0.213. The lowest BCUT2D eigenvalue weighted by Crippen LogP contribution is -2.40. The summed E-state index contributed by atoms with van der Waals surface area (Å²) in [6, 6.07) is 45.4. The first-order chi connectivity index (χ1) is 32.8. The predicted molar refractivity (Wildman–Crippen MR) is 266 cm³/mol. The summed E-state index contributed by atoms with van der Waals surface area (Å²) in [5.41, 5.74) is 8.47. The van der Waals surface area contributed by atoms with Gasteiger partial charge < -0.3 is 30.4 Å². The van der Waals surface area contributed by atoms with Crippen LogP contribution in [0, 0.1) is 11.3 Å². The van der Waals surface area contributed by atoms with E-state index in [0.717, 1.165) is 120 Å². The van der Waals surface area contributed by atoms with Crippen LogP contribution >= 0.6 is 0 Å². The summed E-state index contributed by atoms with van der Waals surface area (Å²) >= 11 is 0. The van der Waals surface area contributed by atoms with Gasteiger partial charge in [-0.25, -0.2) is 4.98 Å². The zero-order valence-electron chi connectivity index (χ0n) is 35.7. The number of para-hydroxylation sites is 4. The molecule has 4 aliphatic rings. The second kappa shape index (κ2) is 14.0. The maximum Gasteiger partial charge on any atom is 0.165 e. The molecule has 0 bridgehead atoms. The van der Waals surface area contributed by atoms with Crippen LogP contribution in [0.5, 0.6) is 0 Å². The van der Waals surface area contributed by atoms with Crippen molar-refractivity contribution < 1.29 is 0 Å². The second-order valence-electron chi connectivity index (χ2n) is 17.2. The SMILES string of the molecule is N#Cc1cccc(-c2c(-n3c4c(c5ccccc53)=CNCC=4)c(-n3c4c(c5ccccc53)=CNCC=4)nc(-n3c4c(c5ccccc53)=CNCC=4)c2-n2c3c(c4ccccc42)=CNCC=3)c1.